The van der Waals surface area contributed by atoms with Crippen molar-refractivity contribution < 1.29 is 0 Å². The van der Waals surface area contributed by atoms with E-state index in [0.717, 1.165) is 29.9 Å². The monoisotopic (exact) mass is 259 g/mol. The van der Waals surface area contributed by atoms with Gasteiger partial charge in [0.25, 0.3) is 0 Å². The van der Waals surface area contributed by atoms with Crippen molar-refractivity contribution in [2.75, 3.05) is 30.4 Å². The fraction of sp³-hybridized carbons (Fsp3) is 0.643. The van der Waals surface area contributed by atoms with E-state index in [1.807, 2.05) is 13.0 Å². The van der Waals surface area contributed by atoms with Crippen LogP contribution in [-0.2, 0) is 0 Å². The molecule has 1 aromatic heterocycles. The van der Waals surface area contributed by atoms with Gasteiger partial charge < -0.3 is 10.2 Å². The highest BCUT2D eigenvalue weighted by molar-refractivity contribution is 5.49. The molecule has 0 spiro atoms. The van der Waals surface area contributed by atoms with E-state index in [2.05, 4.69) is 33.3 Å². The second kappa shape index (κ2) is 6.37. The number of anilines is 2. The van der Waals surface area contributed by atoms with E-state index in [-0.39, 0.29) is 6.54 Å². The van der Waals surface area contributed by atoms with Crippen LogP contribution in [0.4, 0.5) is 11.6 Å². The average Bonchev–Trinajstić information content (AvgIpc) is 2.88. The molecule has 1 saturated carbocycles. The van der Waals surface area contributed by atoms with Crippen LogP contribution in [0.15, 0.2) is 6.07 Å². The van der Waals surface area contributed by atoms with E-state index >= 15 is 0 Å². The molecule has 1 aliphatic rings. The van der Waals surface area contributed by atoms with E-state index in [0.29, 0.717) is 0 Å². The van der Waals surface area contributed by atoms with Crippen molar-refractivity contribution in [3.8, 4) is 6.07 Å². The zero-order valence-electron chi connectivity index (χ0n) is 11.7. The lowest BCUT2D eigenvalue weighted by molar-refractivity contribution is 0.544. The quantitative estimate of drug-likeness (QED) is 0.822. The van der Waals surface area contributed by atoms with Crippen molar-refractivity contribution in [1.29, 1.82) is 5.26 Å². The summed E-state index contributed by atoms with van der Waals surface area (Å²) in [5, 5.41) is 11.6. The van der Waals surface area contributed by atoms with E-state index in [9.17, 15) is 0 Å². The molecule has 1 heterocycles. The second-order valence-electron chi connectivity index (χ2n) is 5.20. The van der Waals surface area contributed by atoms with Gasteiger partial charge in [-0.05, 0) is 25.7 Å². The molecule has 0 amide bonds. The van der Waals surface area contributed by atoms with Crippen LogP contribution in [0.5, 0.6) is 0 Å². The molecule has 5 heteroatoms. The first kappa shape index (κ1) is 13.6. The van der Waals surface area contributed by atoms with Crippen molar-refractivity contribution in [2.45, 2.75) is 32.6 Å². The van der Waals surface area contributed by atoms with Gasteiger partial charge in [-0.15, -0.1) is 0 Å². The Morgan fingerprint density at radius 2 is 2.16 bits per heavy atom. The molecule has 1 N–H and O–H groups in total. The number of hydrogen-bond acceptors (Lipinski definition) is 5. The van der Waals surface area contributed by atoms with E-state index in [1.54, 1.807) is 0 Å². The largest absolute Gasteiger partial charge is 0.359 e. The molecular formula is C14H21N5. The number of aryl methyl sites for hydroxylation is 1. The van der Waals surface area contributed by atoms with Crippen LogP contribution in [0.2, 0.25) is 0 Å². The number of nitrogens with one attached hydrogen (secondary N) is 1. The zero-order valence-corrected chi connectivity index (χ0v) is 11.7. The molecule has 0 saturated heterocycles. The van der Waals surface area contributed by atoms with E-state index in [1.165, 1.54) is 25.7 Å². The fourth-order valence-electron chi connectivity index (χ4n) is 2.64. The lowest BCUT2D eigenvalue weighted by atomic mass is 10.1. The molecule has 2 rings (SSSR count). The van der Waals surface area contributed by atoms with Gasteiger partial charge in [0.2, 0.25) is 0 Å². The predicted octanol–water partition coefficient (Wildman–Crippen LogP) is 2.35. The molecule has 0 aromatic carbocycles. The van der Waals surface area contributed by atoms with Crippen LogP contribution in [0.3, 0.4) is 0 Å². The van der Waals surface area contributed by atoms with E-state index < -0.39 is 0 Å². The van der Waals surface area contributed by atoms with Gasteiger partial charge in [-0.3, -0.25) is 0 Å². The summed E-state index contributed by atoms with van der Waals surface area (Å²) >= 11 is 0. The Labute approximate surface area is 114 Å². The van der Waals surface area contributed by atoms with Crippen LogP contribution in [0, 0.1) is 24.2 Å². The summed E-state index contributed by atoms with van der Waals surface area (Å²) in [5.41, 5.74) is 0. The summed E-state index contributed by atoms with van der Waals surface area (Å²) in [7, 11) is 2.08. The molecule has 0 unspecified atom stereocenters. The highest BCUT2D eigenvalue weighted by atomic mass is 15.2. The molecular weight excluding hydrogens is 238 g/mol. The summed E-state index contributed by atoms with van der Waals surface area (Å²) < 4.78 is 0. The van der Waals surface area contributed by atoms with Gasteiger partial charge in [-0.2, -0.15) is 5.26 Å². The number of rotatable bonds is 5. The lowest BCUT2D eigenvalue weighted by Gasteiger charge is -2.22. The van der Waals surface area contributed by atoms with Crippen LogP contribution < -0.4 is 10.2 Å². The van der Waals surface area contributed by atoms with E-state index in [4.69, 9.17) is 5.26 Å². The second-order valence-corrected chi connectivity index (χ2v) is 5.20. The number of nitrogens with zero attached hydrogens (tertiary/aromatic N) is 4. The van der Waals surface area contributed by atoms with Crippen molar-refractivity contribution in [3.05, 3.63) is 11.9 Å². The van der Waals surface area contributed by atoms with Crippen molar-refractivity contribution >= 4 is 11.6 Å². The Bertz CT molecular complexity index is 459. The van der Waals surface area contributed by atoms with Gasteiger partial charge in [0.05, 0.1) is 6.07 Å². The predicted molar refractivity (Wildman–Crippen MR) is 76.1 cm³/mol. The standard InChI is InChI=1S/C14H21N5/c1-11-17-13(16-8-7-15)9-14(18-11)19(2)10-12-5-3-4-6-12/h9,12H,3-6,8,10H2,1-2H3,(H,16,17,18). The topological polar surface area (TPSA) is 64.8 Å². The SMILES string of the molecule is Cc1nc(NCC#N)cc(N(C)CC2CCCC2)n1. The van der Waals surface area contributed by atoms with Gasteiger partial charge in [0.1, 0.15) is 24.0 Å². The molecule has 0 atom stereocenters. The van der Waals surface area contributed by atoms with Gasteiger partial charge in [0.15, 0.2) is 0 Å². The first-order chi connectivity index (χ1) is 9.19. The summed E-state index contributed by atoms with van der Waals surface area (Å²) in [6.45, 7) is 3.20. The minimum Gasteiger partial charge on any atom is -0.359 e. The maximum Gasteiger partial charge on any atom is 0.134 e. The highest BCUT2D eigenvalue weighted by Gasteiger charge is 2.18. The molecule has 1 aromatic rings. The molecule has 1 fully saturated rings. The fourth-order valence-corrected chi connectivity index (χ4v) is 2.64. The number of nitriles is 1. The third-order valence-electron chi connectivity index (χ3n) is 3.57. The van der Waals surface area contributed by atoms with Gasteiger partial charge in [-0.1, -0.05) is 12.8 Å². The third kappa shape index (κ3) is 3.82. The summed E-state index contributed by atoms with van der Waals surface area (Å²) in [6.07, 6.45) is 5.37. The first-order valence-electron chi connectivity index (χ1n) is 6.86. The molecule has 0 aliphatic heterocycles. The summed E-state index contributed by atoms with van der Waals surface area (Å²) in [5.74, 6) is 3.18. The van der Waals surface area contributed by atoms with Crippen LogP contribution in [-0.4, -0.2) is 30.1 Å². The molecule has 19 heavy (non-hydrogen) atoms. The van der Waals surface area contributed by atoms with Crippen LogP contribution >= 0.6 is 0 Å². The highest BCUT2D eigenvalue weighted by Crippen LogP contribution is 2.26. The number of aromatic nitrogens is 2. The third-order valence-corrected chi connectivity index (χ3v) is 3.57. The Morgan fingerprint density at radius 3 is 2.84 bits per heavy atom. The Hall–Kier alpha value is -1.83. The molecule has 1 aliphatic carbocycles. The van der Waals surface area contributed by atoms with Crippen LogP contribution in [0.25, 0.3) is 0 Å². The van der Waals surface area contributed by atoms with Crippen molar-refractivity contribution in [1.82, 2.24) is 9.97 Å². The number of hydrogen-bond donors (Lipinski definition) is 1. The minimum absolute atomic E-state index is 0.266. The molecule has 5 nitrogen and oxygen atoms in total. The molecule has 0 radical (unpaired) electrons. The van der Waals surface area contributed by atoms with Crippen LogP contribution in [0.1, 0.15) is 31.5 Å². The van der Waals surface area contributed by atoms with Crippen molar-refractivity contribution in [3.63, 3.8) is 0 Å². The normalized spacial score (nSPS) is 15.2. The maximum atomic E-state index is 8.60. The molecule has 0 bridgehead atoms. The Balaban J connectivity index is 2.05. The maximum absolute atomic E-state index is 8.60. The Morgan fingerprint density at radius 1 is 1.42 bits per heavy atom. The average molecular weight is 259 g/mol. The van der Waals surface area contributed by atoms with Gasteiger partial charge in [-0.25, -0.2) is 9.97 Å². The zero-order chi connectivity index (χ0) is 13.7. The molecule has 102 valence electrons. The summed E-state index contributed by atoms with van der Waals surface area (Å²) in [6, 6.07) is 3.97. The van der Waals surface area contributed by atoms with Gasteiger partial charge in [0, 0.05) is 19.7 Å². The lowest BCUT2D eigenvalue weighted by Crippen LogP contribution is -2.25. The Kier molecular flexibility index (Phi) is 4.56. The first-order valence-corrected chi connectivity index (χ1v) is 6.86. The smallest absolute Gasteiger partial charge is 0.134 e. The summed E-state index contributed by atoms with van der Waals surface area (Å²) in [4.78, 5) is 11.0. The van der Waals surface area contributed by atoms with Crippen molar-refractivity contribution in [2.24, 2.45) is 5.92 Å². The van der Waals surface area contributed by atoms with Gasteiger partial charge >= 0.3 is 0 Å². The minimum atomic E-state index is 0.266.